The van der Waals surface area contributed by atoms with Crippen molar-refractivity contribution in [2.75, 3.05) is 0 Å². The lowest BCUT2D eigenvalue weighted by Gasteiger charge is -2.45. The first kappa shape index (κ1) is 35.5. The van der Waals surface area contributed by atoms with Crippen LogP contribution in [0.2, 0.25) is 0 Å². The van der Waals surface area contributed by atoms with Crippen molar-refractivity contribution >= 4 is 47.4 Å². The molecule has 2 heterocycles. The minimum absolute atomic E-state index is 0.0569. The third-order valence-corrected chi connectivity index (χ3v) is 11.0. The summed E-state index contributed by atoms with van der Waals surface area (Å²) in [5.41, 5.74) is 0.389. The molecule has 0 N–H and O–H groups in total. The fraction of sp³-hybridized carbons (Fsp3) is 0.194. The second kappa shape index (κ2) is 14.9. The number of β-lactam (4-membered cyclic amide) rings is 1. The van der Waals surface area contributed by atoms with Gasteiger partial charge in [-0.25, -0.2) is 9.59 Å². The fourth-order valence-corrected chi connectivity index (χ4v) is 8.10. The summed E-state index contributed by atoms with van der Waals surface area (Å²) >= 11 is 0. The zero-order valence-corrected chi connectivity index (χ0v) is 28.3. The summed E-state index contributed by atoms with van der Waals surface area (Å²) in [6.07, 6.45) is -2.17. The van der Waals surface area contributed by atoms with E-state index >= 15 is 0 Å². The molecule has 266 valence electrons. The highest BCUT2D eigenvalue weighted by atomic mass is 31.2. The molecule has 2 aliphatic rings. The molecule has 0 saturated carbocycles. The summed E-state index contributed by atoms with van der Waals surface area (Å²) in [6.45, 7) is 0.965. The van der Waals surface area contributed by atoms with Crippen molar-refractivity contribution in [1.82, 2.24) is 4.90 Å². The molecule has 6 rings (SSSR count). The van der Waals surface area contributed by atoms with Crippen LogP contribution in [-0.4, -0.2) is 44.9 Å². The molecular formula is C36H30N3O12P. The van der Waals surface area contributed by atoms with Gasteiger partial charge in [0.05, 0.1) is 32.4 Å². The number of rotatable bonds is 13. The predicted molar refractivity (Wildman–Crippen MR) is 183 cm³/mol. The van der Waals surface area contributed by atoms with Gasteiger partial charge in [-0.05, 0) is 66.6 Å². The van der Waals surface area contributed by atoms with Gasteiger partial charge in [-0.2, -0.15) is 0 Å². The Bertz CT molecular complexity index is 2050. The molecule has 4 aromatic rings. The van der Waals surface area contributed by atoms with E-state index in [1.54, 1.807) is 60.7 Å². The number of esters is 1. The Kier molecular flexibility index (Phi) is 10.1. The maximum atomic E-state index is 14.8. The van der Waals surface area contributed by atoms with Gasteiger partial charge in [0.2, 0.25) is 5.91 Å². The monoisotopic (exact) mass is 727 g/mol. The fourth-order valence-electron chi connectivity index (χ4n) is 5.99. The summed E-state index contributed by atoms with van der Waals surface area (Å²) in [7, 11) is -3.91. The molecular weight excluding hydrogens is 697 g/mol. The van der Waals surface area contributed by atoms with Crippen LogP contribution in [0.4, 0.5) is 16.2 Å². The van der Waals surface area contributed by atoms with Gasteiger partial charge in [0, 0.05) is 30.7 Å². The highest BCUT2D eigenvalue weighted by molar-refractivity contribution is 7.74. The first-order valence-electron chi connectivity index (χ1n) is 15.9. The number of nitro groups is 2. The first-order valence-corrected chi connectivity index (χ1v) is 17.5. The molecule has 2 aliphatic heterocycles. The quantitative estimate of drug-likeness (QED) is 0.0539. The average molecular weight is 728 g/mol. The number of amides is 1. The Labute approximate surface area is 296 Å². The molecule has 3 atom stereocenters. The Balaban J connectivity index is 1.22. The third-order valence-electron chi connectivity index (χ3n) is 8.60. The van der Waals surface area contributed by atoms with E-state index in [9.17, 15) is 39.2 Å². The van der Waals surface area contributed by atoms with E-state index in [2.05, 4.69) is 0 Å². The van der Waals surface area contributed by atoms with E-state index in [0.717, 1.165) is 0 Å². The van der Waals surface area contributed by atoms with E-state index in [0.29, 0.717) is 21.7 Å². The number of carbonyl (C=O) groups excluding carboxylic acids is 3. The topological polar surface area (TPSA) is 195 Å². The molecule has 52 heavy (non-hydrogen) atoms. The van der Waals surface area contributed by atoms with Crippen LogP contribution >= 0.6 is 7.37 Å². The minimum Gasteiger partial charge on any atom is -0.456 e. The van der Waals surface area contributed by atoms with Gasteiger partial charge in [0.1, 0.15) is 25.1 Å². The van der Waals surface area contributed by atoms with Gasteiger partial charge in [-0.15, -0.1) is 0 Å². The number of fused-ring (bicyclic) bond motifs is 1. The van der Waals surface area contributed by atoms with Crippen molar-refractivity contribution in [1.29, 1.82) is 0 Å². The van der Waals surface area contributed by atoms with Crippen LogP contribution in [0.5, 0.6) is 0 Å². The van der Waals surface area contributed by atoms with Gasteiger partial charge in [-0.1, -0.05) is 36.4 Å². The number of non-ortho nitro benzene ring substituents is 2. The molecule has 0 aromatic heterocycles. The van der Waals surface area contributed by atoms with Crippen molar-refractivity contribution in [3.8, 4) is 0 Å². The summed E-state index contributed by atoms with van der Waals surface area (Å²) in [5.74, 6) is -2.51. The van der Waals surface area contributed by atoms with E-state index in [-0.39, 0.29) is 42.5 Å². The van der Waals surface area contributed by atoms with Gasteiger partial charge in [0.15, 0.2) is 5.70 Å². The van der Waals surface area contributed by atoms with Crippen molar-refractivity contribution in [3.05, 3.63) is 152 Å². The third kappa shape index (κ3) is 7.25. The summed E-state index contributed by atoms with van der Waals surface area (Å²) < 4.78 is 37.3. The average Bonchev–Trinajstić information content (AvgIpc) is 3.47. The molecule has 0 spiro atoms. The molecule has 15 nitrogen and oxygen atoms in total. The summed E-state index contributed by atoms with van der Waals surface area (Å²) in [5, 5.41) is 22.6. The highest BCUT2D eigenvalue weighted by Gasteiger charge is 2.59. The van der Waals surface area contributed by atoms with Crippen LogP contribution < -0.4 is 10.6 Å². The Morgan fingerprint density at radius 3 is 1.75 bits per heavy atom. The molecule has 1 fully saturated rings. The van der Waals surface area contributed by atoms with Crippen LogP contribution in [-0.2, 0) is 46.1 Å². The number of carbonyl (C=O) groups is 3. The highest BCUT2D eigenvalue weighted by Crippen LogP contribution is 2.53. The zero-order chi connectivity index (χ0) is 37.0. The largest absolute Gasteiger partial charge is 0.508 e. The number of nitrogens with zero attached hydrogens (tertiary/aromatic N) is 3. The number of nitro benzene ring substituents is 2. The molecule has 0 bridgehead atoms. The lowest BCUT2D eigenvalue weighted by Crippen LogP contribution is -2.62. The molecule has 4 aromatic carbocycles. The SMILES string of the molecule is CC(OC(=O)OCc1ccc([N+](=O)[O-])cc1)[C@@H]1C(=O)N2C(C(=O)OCc3ccc([N+](=O)[O-])cc3)=C(OP(=O)(c3ccccc3)c3ccccc3)C[C@H]12. The van der Waals surface area contributed by atoms with Gasteiger partial charge >= 0.3 is 19.5 Å². The summed E-state index contributed by atoms with van der Waals surface area (Å²) in [6, 6.07) is 26.9. The van der Waals surface area contributed by atoms with E-state index < -0.39 is 53.3 Å². The molecule has 0 radical (unpaired) electrons. The van der Waals surface area contributed by atoms with Crippen LogP contribution in [0.3, 0.4) is 0 Å². The van der Waals surface area contributed by atoms with Crippen molar-refractivity contribution < 1.29 is 47.5 Å². The van der Waals surface area contributed by atoms with Crippen LogP contribution in [0.25, 0.3) is 0 Å². The lowest BCUT2D eigenvalue weighted by molar-refractivity contribution is -0.385. The Morgan fingerprint density at radius 1 is 0.788 bits per heavy atom. The van der Waals surface area contributed by atoms with Gasteiger partial charge in [0.25, 0.3) is 11.4 Å². The summed E-state index contributed by atoms with van der Waals surface area (Å²) in [4.78, 5) is 62.0. The van der Waals surface area contributed by atoms with Crippen LogP contribution in [0.1, 0.15) is 24.5 Å². The number of ether oxygens (including phenoxy) is 3. The molecule has 1 amide bonds. The van der Waals surface area contributed by atoms with Crippen molar-refractivity contribution in [2.24, 2.45) is 5.92 Å². The number of hydrogen-bond donors (Lipinski definition) is 0. The minimum atomic E-state index is -3.91. The van der Waals surface area contributed by atoms with Crippen LogP contribution in [0.15, 0.2) is 121 Å². The molecule has 16 heteroatoms. The Morgan fingerprint density at radius 2 is 1.27 bits per heavy atom. The maximum absolute atomic E-state index is 14.8. The maximum Gasteiger partial charge on any atom is 0.508 e. The molecule has 1 saturated heterocycles. The second-order valence-electron chi connectivity index (χ2n) is 11.9. The predicted octanol–water partition coefficient (Wildman–Crippen LogP) is 5.68. The Hall–Kier alpha value is -6.34. The second-order valence-corrected chi connectivity index (χ2v) is 14.2. The van der Waals surface area contributed by atoms with E-state index in [4.69, 9.17) is 18.7 Å². The molecule has 0 aliphatic carbocycles. The van der Waals surface area contributed by atoms with Crippen molar-refractivity contribution in [3.63, 3.8) is 0 Å². The van der Waals surface area contributed by atoms with E-state index in [1.165, 1.54) is 60.4 Å². The molecule has 1 unspecified atom stereocenters. The zero-order valence-electron chi connectivity index (χ0n) is 27.4. The van der Waals surface area contributed by atoms with Crippen LogP contribution in [0, 0.1) is 26.1 Å². The standard InChI is InChI=1S/C36H30N3O12P/c1-23(50-36(42)49-22-25-14-18-27(19-15-25)39(45)46)32-30-20-31(51-52(47,28-8-4-2-5-9-28)29-10-6-3-7-11-29)33(37(30)34(32)40)35(41)48-21-24-12-16-26(17-13-24)38(43)44/h2-19,23,30,32H,20-22H2,1H3/t23?,30-,32+/m1/s1. The van der Waals surface area contributed by atoms with Gasteiger partial charge in [-0.3, -0.25) is 34.5 Å². The number of hydrogen-bond acceptors (Lipinski definition) is 12. The lowest BCUT2D eigenvalue weighted by atomic mass is 9.83. The first-order chi connectivity index (χ1) is 25.0. The normalized spacial score (nSPS) is 17.0. The number of benzene rings is 4. The van der Waals surface area contributed by atoms with E-state index in [1.807, 2.05) is 0 Å². The van der Waals surface area contributed by atoms with Crippen molar-refractivity contribution in [2.45, 2.75) is 38.7 Å². The smallest absolute Gasteiger partial charge is 0.456 e. The van der Waals surface area contributed by atoms with Gasteiger partial charge < -0.3 is 18.7 Å².